The van der Waals surface area contributed by atoms with Gasteiger partial charge in [-0.2, -0.15) is 0 Å². The maximum Gasteiger partial charge on any atom is 0.251 e. The maximum absolute atomic E-state index is 11.8. The number of benzene rings is 2. The molecule has 30 heavy (non-hydrogen) atoms. The molecule has 8 heteroatoms. The lowest BCUT2D eigenvalue weighted by Crippen LogP contribution is -2.39. The average molecular weight is 412 g/mol. The number of guanidine groups is 1. The van der Waals surface area contributed by atoms with Crippen LogP contribution in [-0.4, -0.2) is 51.9 Å². The number of hydrogen-bond donors (Lipinski definition) is 3. The van der Waals surface area contributed by atoms with E-state index in [4.69, 9.17) is 14.2 Å². The molecule has 0 saturated heterocycles. The number of amides is 1. The van der Waals surface area contributed by atoms with Crippen molar-refractivity contribution < 1.29 is 19.0 Å². The van der Waals surface area contributed by atoms with Gasteiger partial charge >= 0.3 is 0 Å². The molecule has 3 N–H and O–H groups in total. The Morgan fingerprint density at radius 1 is 1.13 bits per heavy atom. The highest BCUT2D eigenvalue weighted by atomic mass is 16.7. The van der Waals surface area contributed by atoms with Gasteiger partial charge in [0.25, 0.3) is 5.91 Å². The van der Waals surface area contributed by atoms with Crippen LogP contribution in [0.2, 0.25) is 0 Å². The highest BCUT2D eigenvalue weighted by Gasteiger charge is 2.13. The van der Waals surface area contributed by atoms with Crippen molar-refractivity contribution in [2.24, 2.45) is 4.99 Å². The van der Waals surface area contributed by atoms with Gasteiger partial charge in [0, 0.05) is 31.8 Å². The molecule has 1 aliphatic rings. The molecular weight excluding hydrogens is 384 g/mol. The Bertz CT molecular complexity index is 885. The van der Waals surface area contributed by atoms with Crippen molar-refractivity contribution in [1.82, 2.24) is 16.0 Å². The summed E-state index contributed by atoms with van der Waals surface area (Å²) >= 11 is 0. The highest BCUT2D eigenvalue weighted by Crippen LogP contribution is 2.34. The lowest BCUT2D eigenvalue weighted by atomic mass is 10.1. The number of hydrogen-bond acceptors (Lipinski definition) is 5. The zero-order valence-electron chi connectivity index (χ0n) is 17.4. The third kappa shape index (κ3) is 6.04. The Morgan fingerprint density at radius 3 is 2.83 bits per heavy atom. The van der Waals surface area contributed by atoms with Gasteiger partial charge in [-0.1, -0.05) is 12.1 Å². The number of aliphatic imine (C=N–C) groups is 1. The van der Waals surface area contributed by atoms with Crippen LogP contribution in [0.15, 0.2) is 47.5 Å². The molecule has 0 atom stereocenters. The van der Waals surface area contributed by atoms with Crippen LogP contribution in [0.3, 0.4) is 0 Å². The quantitative estimate of drug-likeness (QED) is 0.331. The van der Waals surface area contributed by atoms with Crippen LogP contribution in [0.4, 0.5) is 0 Å². The Hall–Kier alpha value is -3.42. The van der Waals surface area contributed by atoms with Gasteiger partial charge < -0.3 is 30.2 Å². The molecule has 2 aromatic carbocycles. The van der Waals surface area contributed by atoms with E-state index >= 15 is 0 Å². The summed E-state index contributed by atoms with van der Waals surface area (Å²) in [4.78, 5) is 16.4. The molecule has 0 spiro atoms. The zero-order chi connectivity index (χ0) is 21.2. The van der Waals surface area contributed by atoms with Crippen LogP contribution in [-0.2, 0) is 6.42 Å². The van der Waals surface area contributed by atoms with E-state index in [0.717, 1.165) is 36.0 Å². The Balaban J connectivity index is 1.44. The van der Waals surface area contributed by atoms with Gasteiger partial charge in [-0.25, -0.2) is 0 Å². The summed E-state index contributed by atoms with van der Waals surface area (Å²) in [6.07, 6.45) is 0.745. The average Bonchev–Trinajstić information content (AvgIpc) is 3.24. The number of ether oxygens (including phenoxy) is 3. The van der Waals surface area contributed by atoms with Gasteiger partial charge in [0.1, 0.15) is 12.4 Å². The van der Waals surface area contributed by atoms with E-state index in [1.807, 2.05) is 43.3 Å². The second-order valence-corrected chi connectivity index (χ2v) is 6.58. The molecule has 0 bridgehead atoms. The molecule has 0 saturated carbocycles. The molecule has 0 radical (unpaired) electrons. The van der Waals surface area contributed by atoms with Crippen LogP contribution in [0, 0.1) is 0 Å². The molecular formula is C22H28N4O4. The van der Waals surface area contributed by atoms with Crippen molar-refractivity contribution in [2.75, 3.05) is 40.1 Å². The van der Waals surface area contributed by atoms with Crippen molar-refractivity contribution in [3.05, 3.63) is 53.6 Å². The minimum absolute atomic E-state index is 0.0854. The van der Waals surface area contributed by atoms with E-state index in [9.17, 15) is 4.79 Å². The minimum Gasteiger partial charge on any atom is -0.492 e. The van der Waals surface area contributed by atoms with E-state index in [0.29, 0.717) is 31.0 Å². The van der Waals surface area contributed by atoms with Gasteiger partial charge in [-0.3, -0.25) is 9.79 Å². The van der Waals surface area contributed by atoms with Crippen LogP contribution < -0.4 is 30.2 Å². The molecule has 3 rings (SSSR count). The van der Waals surface area contributed by atoms with Crippen molar-refractivity contribution in [3.8, 4) is 17.2 Å². The van der Waals surface area contributed by atoms with E-state index in [1.54, 1.807) is 13.1 Å². The Morgan fingerprint density at radius 2 is 2.00 bits per heavy atom. The van der Waals surface area contributed by atoms with E-state index in [1.165, 1.54) is 0 Å². The fourth-order valence-electron chi connectivity index (χ4n) is 2.96. The highest BCUT2D eigenvalue weighted by molar-refractivity contribution is 5.94. The van der Waals surface area contributed by atoms with Gasteiger partial charge in [-0.05, 0) is 43.2 Å². The normalized spacial score (nSPS) is 12.4. The summed E-state index contributed by atoms with van der Waals surface area (Å²) in [6.45, 7) is 4.73. The Labute approximate surface area is 176 Å². The van der Waals surface area contributed by atoms with Crippen LogP contribution >= 0.6 is 0 Å². The zero-order valence-corrected chi connectivity index (χ0v) is 17.4. The van der Waals surface area contributed by atoms with Crippen LogP contribution in [0.25, 0.3) is 0 Å². The second-order valence-electron chi connectivity index (χ2n) is 6.58. The SMILES string of the molecule is CCNC(=NCCc1cccc(C(=O)NC)c1)NCCOc1ccc2c(c1)OCO2. The van der Waals surface area contributed by atoms with E-state index < -0.39 is 0 Å². The lowest BCUT2D eigenvalue weighted by Gasteiger charge is -2.12. The van der Waals surface area contributed by atoms with Gasteiger partial charge in [-0.15, -0.1) is 0 Å². The molecule has 1 amide bonds. The summed E-state index contributed by atoms with van der Waals surface area (Å²) in [5.74, 6) is 2.82. The molecule has 0 unspecified atom stereocenters. The number of carbonyl (C=O) groups is 1. The van der Waals surface area contributed by atoms with Gasteiger partial charge in [0.2, 0.25) is 6.79 Å². The number of fused-ring (bicyclic) bond motifs is 1. The van der Waals surface area contributed by atoms with Gasteiger partial charge in [0.15, 0.2) is 17.5 Å². The molecule has 2 aromatic rings. The number of rotatable bonds is 9. The van der Waals surface area contributed by atoms with Crippen LogP contribution in [0.5, 0.6) is 17.2 Å². The second kappa shape index (κ2) is 10.9. The first kappa shape index (κ1) is 21.3. The Kier molecular flexibility index (Phi) is 7.77. The predicted molar refractivity (Wildman–Crippen MR) is 116 cm³/mol. The minimum atomic E-state index is -0.0854. The summed E-state index contributed by atoms with van der Waals surface area (Å²) in [6, 6.07) is 13.1. The number of carbonyl (C=O) groups excluding carboxylic acids is 1. The standard InChI is InChI=1S/C22H28N4O4/c1-3-24-22(25-10-9-16-5-4-6-17(13-16)21(27)23-2)26-11-12-28-18-7-8-19-20(14-18)30-15-29-19/h4-8,13-14H,3,9-12,15H2,1-2H3,(H,23,27)(H2,24,25,26). The smallest absolute Gasteiger partial charge is 0.251 e. The first-order valence-electron chi connectivity index (χ1n) is 10.0. The maximum atomic E-state index is 11.8. The van der Waals surface area contributed by atoms with E-state index in [2.05, 4.69) is 20.9 Å². The topological polar surface area (TPSA) is 93.2 Å². The number of nitrogens with zero attached hydrogens (tertiary/aromatic N) is 1. The molecule has 0 aromatic heterocycles. The third-order valence-electron chi connectivity index (χ3n) is 4.44. The van der Waals surface area contributed by atoms with E-state index in [-0.39, 0.29) is 12.7 Å². The fourth-order valence-corrected chi connectivity index (χ4v) is 2.96. The molecule has 1 aliphatic heterocycles. The first-order chi connectivity index (χ1) is 14.7. The third-order valence-corrected chi connectivity index (χ3v) is 4.44. The summed E-state index contributed by atoms with van der Waals surface area (Å²) in [5.41, 5.74) is 1.73. The van der Waals surface area contributed by atoms with Crippen molar-refractivity contribution in [2.45, 2.75) is 13.3 Å². The monoisotopic (exact) mass is 412 g/mol. The molecule has 160 valence electrons. The van der Waals surface area contributed by atoms with Crippen molar-refractivity contribution in [1.29, 1.82) is 0 Å². The predicted octanol–water partition coefficient (Wildman–Crippen LogP) is 1.95. The van der Waals surface area contributed by atoms with Crippen molar-refractivity contribution in [3.63, 3.8) is 0 Å². The summed E-state index contributed by atoms with van der Waals surface area (Å²) in [7, 11) is 1.63. The first-order valence-corrected chi connectivity index (χ1v) is 10.0. The van der Waals surface area contributed by atoms with Crippen molar-refractivity contribution >= 4 is 11.9 Å². The molecule has 0 aliphatic carbocycles. The molecule has 8 nitrogen and oxygen atoms in total. The molecule has 1 heterocycles. The molecule has 0 fully saturated rings. The van der Waals surface area contributed by atoms with Crippen LogP contribution in [0.1, 0.15) is 22.8 Å². The summed E-state index contributed by atoms with van der Waals surface area (Å²) < 4.78 is 16.4. The van der Waals surface area contributed by atoms with Gasteiger partial charge in [0.05, 0.1) is 6.54 Å². The summed E-state index contributed by atoms with van der Waals surface area (Å²) in [5, 5.41) is 9.13. The fraction of sp³-hybridized carbons (Fsp3) is 0.364. The lowest BCUT2D eigenvalue weighted by molar-refractivity contribution is 0.0963. The number of nitrogens with one attached hydrogen (secondary N) is 3. The largest absolute Gasteiger partial charge is 0.492 e.